The zero-order valence-electron chi connectivity index (χ0n) is 10.7. The number of aromatic nitrogens is 1. The van der Waals surface area contributed by atoms with Crippen molar-refractivity contribution in [1.82, 2.24) is 9.71 Å². The highest BCUT2D eigenvalue weighted by Gasteiger charge is 2.24. The Morgan fingerprint density at radius 1 is 1.50 bits per heavy atom. The van der Waals surface area contributed by atoms with Gasteiger partial charge < -0.3 is 5.73 Å². The van der Waals surface area contributed by atoms with Crippen molar-refractivity contribution in [3.63, 3.8) is 0 Å². The van der Waals surface area contributed by atoms with Gasteiger partial charge in [0.05, 0.1) is 6.04 Å². The van der Waals surface area contributed by atoms with Gasteiger partial charge in [-0.25, -0.2) is 22.5 Å². The van der Waals surface area contributed by atoms with E-state index in [1.54, 1.807) is 11.6 Å². The van der Waals surface area contributed by atoms with Gasteiger partial charge in [0.15, 0.2) is 0 Å². The first-order chi connectivity index (χ1) is 9.44. The zero-order valence-corrected chi connectivity index (χ0v) is 12.3. The number of halogens is 1. The van der Waals surface area contributed by atoms with Gasteiger partial charge in [-0.05, 0) is 24.6 Å². The molecule has 3 N–H and O–H groups in total. The lowest BCUT2D eigenvalue weighted by molar-refractivity contribution is 0.534. The van der Waals surface area contributed by atoms with Crippen LogP contribution in [0.4, 0.5) is 10.1 Å². The molecule has 1 unspecified atom stereocenters. The highest BCUT2D eigenvalue weighted by molar-refractivity contribution is 7.89. The van der Waals surface area contributed by atoms with Crippen molar-refractivity contribution < 1.29 is 12.8 Å². The van der Waals surface area contributed by atoms with E-state index in [0.717, 1.165) is 12.1 Å². The van der Waals surface area contributed by atoms with Gasteiger partial charge >= 0.3 is 0 Å². The Labute approximate surface area is 120 Å². The number of nitrogens with one attached hydrogen (secondary N) is 1. The molecule has 1 atom stereocenters. The molecule has 1 aromatic carbocycles. The van der Waals surface area contributed by atoms with Crippen molar-refractivity contribution in [3.05, 3.63) is 40.6 Å². The van der Waals surface area contributed by atoms with Crippen molar-refractivity contribution in [3.8, 4) is 0 Å². The van der Waals surface area contributed by atoms with Crippen LogP contribution in [-0.2, 0) is 10.0 Å². The van der Waals surface area contributed by atoms with Crippen LogP contribution in [0.2, 0.25) is 0 Å². The normalized spacial score (nSPS) is 13.3. The first-order valence-corrected chi connectivity index (χ1v) is 8.27. The second-order valence-corrected chi connectivity index (χ2v) is 6.75. The van der Waals surface area contributed by atoms with Crippen LogP contribution in [0, 0.1) is 5.82 Å². The Balaban J connectivity index is 2.31. The molecule has 8 heteroatoms. The van der Waals surface area contributed by atoms with E-state index in [0.29, 0.717) is 11.4 Å². The third-order valence-corrected chi connectivity index (χ3v) is 5.09. The molecule has 0 aliphatic rings. The van der Waals surface area contributed by atoms with Crippen LogP contribution in [-0.4, -0.2) is 13.4 Å². The van der Waals surface area contributed by atoms with Gasteiger partial charge in [-0.3, -0.25) is 0 Å². The van der Waals surface area contributed by atoms with E-state index in [-0.39, 0.29) is 5.69 Å². The summed E-state index contributed by atoms with van der Waals surface area (Å²) in [6.45, 7) is 1.83. The molecule has 0 spiro atoms. The third kappa shape index (κ3) is 3.14. The smallest absolute Gasteiger partial charge is 0.244 e. The molecular weight excluding hydrogens is 301 g/mol. The fourth-order valence-electron chi connectivity index (χ4n) is 1.70. The zero-order chi connectivity index (χ0) is 14.8. The summed E-state index contributed by atoms with van der Waals surface area (Å²) >= 11 is 1.35. The molecule has 1 aromatic heterocycles. The predicted molar refractivity (Wildman–Crippen MR) is 76.3 cm³/mol. The number of hydrogen-bond donors (Lipinski definition) is 2. The first-order valence-electron chi connectivity index (χ1n) is 5.90. The molecule has 20 heavy (non-hydrogen) atoms. The van der Waals surface area contributed by atoms with Crippen molar-refractivity contribution in [1.29, 1.82) is 0 Å². The standard InChI is InChI=1S/C12H14FN3O2S2/c1-2-10(12-15-5-6-19-12)16-20(17,18)11-4-3-8(14)7-9(11)13/h3-7,10,16H,2,14H2,1H3. The number of nitrogen functional groups attached to an aromatic ring is 1. The van der Waals surface area contributed by atoms with E-state index < -0.39 is 26.8 Å². The number of nitrogens with two attached hydrogens (primary N) is 1. The minimum Gasteiger partial charge on any atom is -0.399 e. The van der Waals surface area contributed by atoms with E-state index in [1.165, 1.54) is 17.4 Å². The van der Waals surface area contributed by atoms with Crippen LogP contribution in [0.3, 0.4) is 0 Å². The Morgan fingerprint density at radius 3 is 2.80 bits per heavy atom. The maximum atomic E-state index is 13.7. The molecule has 1 heterocycles. The monoisotopic (exact) mass is 315 g/mol. The molecule has 0 aliphatic carbocycles. The van der Waals surface area contributed by atoms with E-state index in [9.17, 15) is 12.8 Å². The number of rotatable bonds is 5. The number of sulfonamides is 1. The minimum atomic E-state index is -3.96. The van der Waals surface area contributed by atoms with Crippen LogP contribution in [0.15, 0.2) is 34.7 Å². The van der Waals surface area contributed by atoms with Gasteiger partial charge in [0.25, 0.3) is 0 Å². The summed E-state index contributed by atoms with van der Waals surface area (Å²) in [5.41, 5.74) is 5.59. The van der Waals surface area contributed by atoms with Crippen LogP contribution in [0.5, 0.6) is 0 Å². The van der Waals surface area contributed by atoms with Gasteiger partial charge in [0.1, 0.15) is 15.7 Å². The van der Waals surface area contributed by atoms with Crippen LogP contribution >= 0.6 is 11.3 Å². The molecule has 0 aliphatic heterocycles. The largest absolute Gasteiger partial charge is 0.399 e. The summed E-state index contributed by atoms with van der Waals surface area (Å²) in [5.74, 6) is -0.869. The Kier molecular flexibility index (Phi) is 4.36. The Morgan fingerprint density at radius 2 is 2.25 bits per heavy atom. The Bertz CT molecular complexity index is 687. The molecule has 0 amide bonds. The summed E-state index contributed by atoms with van der Waals surface area (Å²) in [7, 11) is -3.96. The van der Waals surface area contributed by atoms with E-state index in [2.05, 4.69) is 9.71 Å². The Hall–Kier alpha value is -1.51. The van der Waals surface area contributed by atoms with Crippen molar-refractivity contribution >= 4 is 27.0 Å². The SMILES string of the molecule is CCC(NS(=O)(=O)c1ccc(N)cc1F)c1nccs1. The lowest BCUT2D eigenvalue weighted by atomic mass is 10.3. The molecule has 108 valence electrons. The summed E-state index contributed by atoms with van der Waals surface area (Å²) in [6, 6.07) is 3.01. The van der Waals surface area contributed by atoms with Gasteiger partial charge in [-0.15, -0.1) is 11.3 Å². The lowest BCUT2D eigenvalue weighted by Gasteiger charge is -2.15. The number of hydrogen-bond acceptors (Lipinski definition) is 5. The lowest BCUT2D eigenvalue weighted by Crippen LogP contribution is -2.29. The fraction of sp³-hybridized carbons (Fsp3) is 0.250. The summed E-state index contributed by atoms with van der Waals surface area (Å²) < 4.78 is 40.6. The summed E-state index contributed by atoms with van der Waals surface area (Å²) in [6.07, 6.45) is 2.12. The number of nitrogens with zero attached hydrogens (tertiary/aromatic N) is 1. The molecule has 2 rings (SSSR count). The maximum Gasteiger partial charge on any atom is 0.244 e. The van der Waals surface area contributed by atoms with Crippen molar-refractivity contribution in [2.75, 3.05) is 5.73 Å². The molecule has 0 radical (unpaired) electrons. The van der Waals surface area contributed by atoms with E-state index in [1.807, 2.05) is 6.92 Å². The van der Waals surface area contributed by atoms with Crippen molar-refractivity contribution in [2.24, 2.45) is 0 Å². The summed E-state index contributed by atoms with van der Waals surface area (Å²) in [4.78, 5) is 3.66. The van der Waals surface area contributed by atoms with Gasteiger partial charge in [-0.2, -0.15) is 0 Å². The second-order valence-electron chi connectivity index (χ2n) is 4.14. The average Bonchev–Trinajstić information content (AvgIpc) is 2.89. The van der Waals surface area contributed by atoms with Crippen molar-refractivity contribution in [2.45, 2.75) is 24.3 Å². The highest BCUT2D eigenvalue weighted by atomic mass is 32.2. The topological polar surface area (TPSA) is 85.1 Å². The number of benzene rings is 1. The molecule has 5 nitrogen and oxygen atoms in total. The predicted octanol–water partition coefficient (Wildman–Crippen LogP) is 2.29. The van der Waals surface area contributed by atoms with Crippen LogP contribution in [0.1, 0.15) is 24.4 Å². The third-order valence-electron chi connectivity index (χ3n) is 2.70. The minimum absolute atomic E-state index is 0.174. The quantitative estimate of drug-likeness (QED) is 0.829. The molecule has 0 bridgehead atoms. The molecule has 0 saturated heterocycles. The van der Waals surface area contributed by atoms with Crippen LogP contribution < -0.4 is 10.5 Å². The molecule has 0 saturated carbocycles. The second kappa shape index (κ2) is 5.86. The number of thiazole rings is 1. The van der Waals surface area contributed by atoms with Gasteiger partial charge in [0.2, 0.25) is 10.0 Å². The first kappa shape index (κ1) is 14.9. The van der Waals surface area contributed by atoms with Crippen LogP contribution in [0.25, 0.3) is 0 Å². The van der Waals surface area contributed by atoms with Gasteiger partial charge in [0, 0.05) is 17.3 Å². The van der Waals surface area contributed by atoms with E-state index in [4.69, 9.17) is 5.73 Å². The van der Waals surface area contributed by atoms with Gasteiger partial charge in [-0.1, -0.05) is 6.92 Å². The maximum absolute atomic E-state index is 13.7. The van der Waals surface area contributed by atoms with E-state index >= 15 is 0 Å². The molecule has 2 aromatic rings. The highest BCUT2D eigenvalue weighted by Crippen LogP contribution is 2.23. The summed E-state index contributed by atoms with van der Waals surface area (Å²) in [5, 5.41) is 2.41. The molecular formula is C12H14FN3O2S2. The average molecular weight is 315 g/mol. The fourth-order valence-corrected chi connectivity index (χ4v) is 3.89. The molecule has 0 fully saturated rings. The number of anilines is 1.